The normalized spacial score (nSPS) is 11.2. The van der Waals surface area contributed by atoms with Crippen LogP contribution >= 0.6 is 11.8 Å². The van der Waals surface area contributed by atoms with E-state index >= 15 is 0 Å². The van der Waals surface area contributed by atoms with Gasteiger partial charge in [0.25, 0.3) is 0 Å². The number of benzene rings is 2. The van der Waals surface area contributed by atoms with E-state index < -0.39 is 0 Å². The zero-order valence-corrected chi connectivity index (χ0v) is 15.8. The van der Waals surface area contributed by atoms with E-state index in [1.54, 1.807) is 18.0 Å². The topological polar surface area (TPSA) is 94.3 Å². The van der Waals surface area contributed by atoms with Crippen LogP contribution in [0, 0.1) is 0 Å². The molecule has 3 heterocycles. The minimum absolute atomic E-state index is 0.525. The highest BCUT2D eigenvalue weighted by Gasteiger charge is 2.10. The third kappa shape index (κ3) is 3.14. The second-order valence-corrected chi connectivity index (χ2v) is 7.17. The zero-order chi connectivity index (χ0) is 18.9. The van der Waals surface area contributed by atoms with Crippen LogP contribution in [0.15, 0.2) is 65.8 Å². The Kier molecular flexibility index (Phi) is 4.10. The Morgan fingerprint density at radius 1 is 0.929 bits per heavy atom. The maximum atomic E-state index is 4.69. The van der Waals surface area contributed by atoms with E-state index in [0.717, 1.165) is 39.1 Å². The summed E-state index contributed by atoms with van der Waals surface area (Å²) in [5.74, 6) is 1.25. The molecule has 0 spiro atoms. The van der Waals surface area contributed by atoms with Gasteiger partial charge in [-0.25, -0.2) is 0 Å². The van der Waals surface area contributed by atoms with Gasteiger partial charge in [-0.15, -0.1) is 11.8 Å². The van der Waals surface area contributed by atoms with Gasteiger partial charge in [0.05, 0.1) is 17.1 Å². The van der Waals surface area contributed by atoms with Crippen LogP contribution < -0.4 is 10.6 Å². The van der Waals surface area contributed by atoms with Crippen LogP contribution in [0.4, 0.5) is 23.1 Å². The molecule has 138 valence electrons. The van der Waals surface area contributed by atoms with Gasteiger partial charge in [0, 0.05) is 27.9 Å². The first kappa shape index (κ1) is 16.6. The fourth-order valence-corrected chi connectivity index (χ4v) is 3.46. The van der Waals surface area contributed by atoms with Crippen molar-refractivity contribution in [3.63, 3.8) is 0 Å². The van der Waals surface area contributed by atoms with Crippen molar-refractivity contribution in [2.24, 2.45) is 0 Å². The highest BCUT2D eigenvalue weighted by atomic mass is 32.2. The van der Waals surface area contributed by atoms with Gasteiger partial charge >= 0.3 is 0 Å². The lowest BCUT2D eigenvalue weighted by Crippen LogP contribution is -2.02. The predicted octanol–water partition coefficient (Wildman–Crippen LogP) is 5.04. The Bertz CT molecular complexity index is 1260. The third-order valence-electron chi connectivity index (χ3n) is 4.47. The van der Waals surface area contributed by atoms with Gasteiger partial charge in [-0.3, -0.25) is 5.10 Å². The number of hydrogen-bond acceptors (Lipinski definition) is 6. The predicted molar refractivity (Wildman–Crippen MR) is 115 cm³/mol. The molecular formula is C20H17N7S. The van der Waals surface area contributed by atoms with Crippen molar-refractivity contribution in [2.45, 2.75) is 4.90 Å². The number of aromatic amines is 2. The van der Waals surface area contributed by atoms with Crippen molar-refractivity contribution < 1.29 is 0 Å². The lowest BCUT2D eigenvalue weighted by atomic mass is 10.2. The van der Waals surface area contributed by atoms with Gasteiger partial charge in [-0.05, 0) is 54.8 Å². The monoisotopic (exact) mass is 387 g/mol. The summed E-state index contributed by atoms with van der Waals surface area (Å²) in [5.41, 5.74) is 3.60. The van der Waals surface area contributed by atoms with Crippen LogP contribution in [0.5, 0.6) is 0 Å². The summed E-state index contributed by atoms with van der Waals surface area (Å²) in [4.78, 5) is 13.6. The van der Waals surface area contributed by atoms with Crippen molar-refractivity contribution in [1.29, 1.82) is 0 Å². The summed E-state index contributed by atoms with van der Waals surface area (Å²) in [6, 6.07) is 16.2. The summed E-state index contributed by atoms with van der Waals surface area (Å²) in [5, 5.41) is 15.7. The number of hydrogen-bond donors (Lipinski definition) is 4. The van der Waals surface area contributed by atoms with Gasteiger partial charge < -0.3 is 15.6 Å². The van der Waals surface area contributed by atoms with Crippen LogP contribution in [0.2, 0.25) is 0 Å². The van der Waals surface area contributed by atoms with Gasteiger partial charge in [0.1, 0.15) is 11.5 Å². The molecule has 0 aliphatic rings. The molecule has 8 heteroatoms. The molecule has 0 bridgehead atoms. The maximum absolute atomic E-state index is 4.69. The highest BCUT2D eigenvalue weighted by Crippen LogP contribution is 2.27. The lowest BCUT2D eigenvalue weighted by molar-refractivity contribution is 1.12. The summed E-state index contributed by atoms with van der Waals surface area (Å²) < 4.78 is 0. The van der Waals surface area contributed by atoms with Crippen molar-refractivity contribution in [2.75, 3.05) is 16.9 Å². The molecule has 5 aromatic rings. The first-order valence-corrected chi connectivity index (χ1v) is 9.97. The molecule has 5 rings (SSSR count). The molecule has 2 aromatic carbocycles. The second kappa shape index (κ2) is 6.90. The molecule has 3 aromatic heterocycles. The number of thioether (sulfide) groups is 1. The fraction of sp³-hybridized carbons (Fsp3) is 0.0500. The van der Waals surface area contributed by atoms with Crippen molar-refractivity contribution in [3.05, 3.63) is 60.9 Å². The molecule has 28 heavy (non-hydrogen) atoms. The van der Waals surface area contributed by atoms with Crippen LogP contribution in [-0.4, -0.2) is 31.4 Å². The second-order valence-electron chi connectivity index (χ2n) is 6.29. The van der Waals surface area contributed by atoms with E-state index in [1.165, 1.54) is 4.90 Å². The molecule has 0 atom stereocenters. The van der Waals surface area contributed by atoms with E-state index in [4.69, 9.17) is 0 Å². The van der Waals surface area contributed by atoms with Crippen LogP contribution in [0.25, 0.3) is 21.9 Å². The van der Waals surface area contributed by atoms with E-state index in [2.05, 4.69) is 54.2 Å². The van der Waals surface area contributed by atoms with E-state index in [9.17, 15) is 0 Å². The Labute approximate surface area is 165 Å². The first-order chi connectivity index (χ1) is 13.8. The summed E-state index contributed by atoms with van der Waals surface area (Å²) in [7, 11) is 0. The molecular weight excluding hydrogens is 370 g/mol. The molecule has 0 saturated carbocycles. The summed E-state index contributed by atoms with van der Waals surface area (Å²) >= 11 is 1.71. The van der Waals surface area contributed by atoms with Crippen molar-refractivity contribution in [3.8, 4) is 0 Å². The van der Waals surface area contributed by atoms with E-state index in [1.807, 2.05) is 42.6 Å². The summed E-state index contributed by atoms with van der Waals surface area (Å²) in [6.45, 7) is 0. The Hall–Kier alpha value is -3.52. The molecule has 0 aliphatic carbocycles. The number of anilines is 4. The number of aromatic nitrogens is 5. The van der Waals surface area contributed by atoms with Gasteiger partial charge in [-0.2, -0.15) is 15.1 Å². The SMILES string of the molecule is CSc1ccc(Nc2nc(Nc3ccc4cn[nH]c4c3)c3cc[nH]c3n2)cc1. The molecule has 7 nitrogen and oxygen atoms in total. The van der Waals surface area contributed by atoms with Gasteiger partial charge in [0.2, 0.25) is 5.95 Å². The standard InChI is InChI=1S/C20H17N7S/c1-28-15-6-4-13(5-7-15)24-20-25-18-16(8-9-21-18)19(26-20)23-14-3-2-12-11-22-27-17(12)10-14/h2-11H,1H3,(H,22,27)(H3,21,23,24,25,26). The highest BCUT2D eigenvalue weighted by molar-refractivity contribution is 7.98. The maximum Gasteiger partial charge on any atom is 0.231 e. The Balaban J connectivity index is 1.49. The smallest absolute Gasteiger partial charge is 0.231 e. The van der Waals surface area contributed by atoms with Crippen LogP contribution in [0.1, 0.15) is 0 Å². The molecule has 0 amide bonds. The number of fused-ring (bicyclic) bond motifs is 2. The molecule has 4 N–H and O–H groups in total. The van der Waals surface area contributed by atoms with E-state index in [-0.39, 0.29) is 0 Å². The first-order valence-electron chi connectivity index (χ1n) is 8.75. The average molecular weight is 387 g/mol. The van der Waals surface area contributed by atoms with Crippen LogP contribution in [-0.2, 0) is 0 Å². The fourth-order valence-electron chi connectivity index (χ4n) is 3.05. The Morgan fingerprint density at radius 3 is 2.64 bits per heavy atom. The minimum Gasteiger partial charge on any atom is -0.346 e. The molecule has 0 radical (unpaired) electrons. The number of H-pyrrole nitrogens is 2. The molecule has 0 aliphatic heterocycles. The summed E-state index contributed by atoms with van der Waals surface area (Å²) in [6.07, 6.45) is 5.72. The van der Waals surface area contributed by atoms with Gasteiger partial charge in [0.15, 0.2) is 0 Å². The minimum atomic E-state index is 0.525. The molecule has 0 saturated heterocycles. The van der Waals surface area contributed by atoms with Crippen molar-refractivity contribution >= 4 is 56.8 Å². The Morgan fingerprint density at radius 2 is 1.79 bits per heavy atom. The van der Waals surface area contributed by atoms with E-state index in [0.29, 0.717) is 5.95 Å². The quantitative estimate of drug-likeness (QED) is 0.316. The molecule has 0 fully saturated rings. The molecule has 0 unspecified atom stereocenters. The number of nitrogens with zero attached hydrogens (tertiary/aromatic N) is 3. The number of rotatable bonds is 5. The van der Waals surface area contributed by atoms with Gasteiger partial charge in [-0.1, -0.05) is 0 Å². The van der Waals surface area contributed by atoms with Crippen LogP contribution in [0.3, 0.4) is 0 Å². The average Bonchev–Trinajstić information content (AvgIpc) is 3.37. The third-order valence-corrected chi connectivity index (χ3v) is 5.21. The largest absolute Gasteiger partial charge is 0.346 e. The number of nitrogens with one attached hydrogen (secondary N) is 4. The zero-order valence-electron chi connectivity index (χ0n) is 15.0. The lowest BCUT2D eigenvalue weighted by Gasteiger charge is -2.10. The van der Waals surface area contributed by atoms with Crippen molar-refractivity contribution in [1.82, 2.24) is 25.1 Å².